The Morgan fingerprint density at radius 2 is 1.76 bits per heavy atom. The van der Waals surface area contributed by atoms with Crippen LogP contribution in [0.25, 0.3) is 0 Å². The van der Waals surface area contributed by atoms with Crippen molar-refractivity contribution in [2.24, 2.45) is 11.8 Å². The van der Waals surface area contributed by atoms with Crippen molar-refractivity contribution in [1.82, 2.24) is 0 Å². The molecule has 0 aliphatic heterocycles. The van der Waals surface area contributed by atoms with Gasteiger partial charge in [-0.1, -0.05) is 30.3 Å². The molecule has 1 aromatic rings. The Hall–Kier alpha value is -1.68. The first kappa shape index (κ1) is 19.6. The third-order valence-electron chi connectivity index (χ3n) is 4.96. The fourth-order valence-corrected chi connectivity index (χ4v) is 3.45. The van der Waals surface area contributed by atoms with Gasteiger partial charge in [-0.25, -0.2) is 0 Å². The molecule has 0 bridgehead atoms. The van der Waals surface area contributed by atoms with Crippen LogP contribution in [-0.4, -0.2) is 25.0 Å². The number of rotatable bonds is 10. The smallest absolute Gasteiger partial charge is 0.306 e. The van der Waals surface area contributed by atoms with Gasteiger partial charge in [0.1, 0.15) is 5.78 Å². The fourth-order valence-electron chi connectivity index (χ4n) is 3.45. The van der Waals surface area contributed by atoms with E-state index in [4.69, 9.17) is 9.47 Å². The van der Waals surface area contributed by atoms with Crippen LogP contribution in [0.5, 0.6) is 0 Å². The number of carbonyl (C=O) groups excluding carboxylic acids is 2. The second kappa shape index (κ2) is 11.0. The van der Waals surface area contributed by atoms with Crippen LogP contribution < -0.4 is 0 Å². The van der Waals surface area contributed by atoms with Crippen molar-refractivity contribution in [1.29, 1.82) is 0 Å². The van der Waals surface area contributed by atoms with Gasteiger partial charge in [0.2, 0.25) is 0 Å². The summed E-state index contributed by atoms with van der Waals surface area (Å²) in [7, 11) is 0. The third kappa shape index (κ3) is 7.39. The van der Waals surface area contributed by atoms with Gasteiger partial charge in [-0.05, 0) is 50.5 Å². The number of ketones is 1. The summed E-state index contributed by atoms with van der Waals surface area (Å²) in [6, 6.07) is 10.2. The minimum atomic E-state index is -0.264. The normalized spacial score (nSPS) is 20.2. The Balaban J connectivity index is 1.56. The fraction of sp³-hybridized carbons (Fsp3) is 0.619. The van der Waals surface area contributed by atoms with Crippen molar-refractivity contribution in [3.8, 4) is 0 Å². The summed E-state index contributed by atoms with van der Waals surface area (Å²) >= 11 is 0. The van der Waals surface area contributed by atoms with Crippen LogP contribution in [-0.2, 0) is 25.7 Å². The number of benzene rings is 1. The van der Waals surface area contributed by atoms with Gasteiger partial charge in [-0.15, -0.1) is 0 Å². The highest BCUT2D eigenvalue weighted by Gasteiger charge is 2.26. The quantitative estimate of drug-likeness (QED) is 0.468. The third-order valence-corrected chi connectivity index (χ3v) is 4.96. The first-order valence-electron chi connectivity index (χ1n) is 9.49. The number of carbonyl (C=O) groups is 2. The van der Waals surface area contributed by atoms with E-state index in [0.29, 0.717) is 25.6 Å². The molecule has 0 N–H and O–H groups in total. The molecule has 138 valence electrons. The molecular weight excluding hydrogens is 316 g/mol. The van der Waals surface area contributed by atoms with Crippen LogP contribution in [0, 0.1) is 11.8 Å². The maximum absolute atomic E-state index is 12.2. The van der Waals surface area contributed by atoms with E-state index in [2.05, 4.69) is 12.1 Å². The van der Waals surface area contributed by atoms with Crippen LogP contribution in [0.15, 0.2) is 30.3 Å². The zero-order chi connectivity index (χ0) is 17.9. The largest absolute Gasteiger partial charge is 0.466 e. The lowest BCUT2D eigenvalue weighted by atomic mass is 9.78. The Morgan fingerprint density at radius 3 is 2.44 bits per heavy atom. The monoisotopic (exact) mass is 346 g/mol. The van der Waals surface area contributed by atoms with Gasteiger partial charge in [0, 0.05) is 18.9 Å². The second-order valence-corrected chi connectivity index (χ2v) is 6.82. The lowest BCUT2D eigenvalue weighted by molar-refractivity contribution is -0.144. The van der Waals surface area contributed by atoms with E-state index in [0.717, 1.165) is 38.7 Å². The van der Waals surface area contributed by atoms with Crippen molar-refractivity contribution >= 4 is 11.8 Å². The van der Waals surface area contributed by atoms with Crippen LogP contribution in [0.4, 0.5) is 0 Å². The van der Waals surface area contributed by atoms with Gasteiger partial charge in [0.05, 0.1) is 19.6 Å². The summed E-state index contributed by atoms with van der Waals surface area (Å²) in [5.74, 6) is 0.757. The molecular formula is C21H30O4. The Kier molecular flexibility index (Phi) is 8.67. The SMILES string of the molecule is CCOC(=O)CCC(=O)[C@H]1CC[C@H](CCOCc2ccccc2)CC1. The predicted octanol–water partition coefficient (Wildman–Crippen LogP) is 4.31. The molecule has 1 aromatic carbocycles. The molecule has 25 heavy (non-hydrogen) atoms. The topological polar surface area (TPSA) is 52.6 Å². The molecule has 1 aliphatic carbocycles. The van der Waals surface area contributed by atoms with Crippen molar-refractivity contribution in [2.45, 2.75) is 58.5 Å². The molecule has 0 amide bonds. The Labute approximate surface area is 150 Å². The summed E-state index contributed by atoms with van der Waals surface area (Å²) in [6.07, 6.45) is 5.69. The molecule has 0 atom stereocenters. The highest BCUT2D eigenvalue weighted by Crippen LogP contribution is 2.32. The van der Waals surface area contributed by atoms with E-state index >= 15 is 0 Å². The van der Waals surface area contributed by atoms with Crippen LogP contribution >= 0.6 is 0 Å². The van der Waals surface area contributed by atoms with Crippen molar-refractivity contribution in [2.75, 3.05) is 13.2 Å². The minimum absolute atomic E-state index is 0.135. The number of hydrogen-bond acceptors (Lipinski definition) is 4. The van der Waals surface area contributed by atoms with Crippen LogP contribution in [0.1, 0.15) is 57.4 Å². The molecule has 0 spiro atoms. The zero-order valence-corrected chi connectivity index (χ0v) is 15.2. The molecule has 1 saturated carbocycles. The van der Waals surface area contributed by atoms with Gasteiger partial charge >= 0.3 is 5.97 Å². The Morgan fingerprint density at radius 1 is 1.04 bits per heavy atom. The van der Waals surface area contributed by atoms with Crippen molar-refractivity contribution in [3.63, 3.8) is 0 Å². The molecule has 4 nitrogen and oxygen atoms in total. The van der Waals surface area contributed by atoms with Gasteiger partial charge < -0.3 is 9.47 Å². The molecule has 0 unspecified atom stereocenters. The van der Waals surface area contributed by atoms with E-state index in [1.165, 1.54) is 5.56 Å². The van der Waals surface area contributed by atoms with Crippen molar-refractivity contribution in [3.05, 3.63) is 35.9 Å². The molecule has 4 heteroatoms. The summed E-state index contributed by atoms with van der Waals surface area (Å²) in [5.41, 5.74) is 1.21. The lowest BCUT2D eigenvalue weighted by Gasteiger charge is -2.27. The van der Waals surface area contributed by atoms with Gasteiger partial charge in [0.25, 0.3) is 0 Å². The van der Waals surface area contributed by atoms with E-state index in [1.807, 2.05) is 18.2 Å². The number of esters is 1. The van der Waals surface area contributed by atoms with Gasteiger partial charge in [-0.3, -0.25) is 9.59 Å². The molecule has 0 aromatic heterocycles. The number of ether oxygens (including phenoxy) is 2. The van der Waals surface area contributed by atoms with Crippen LogP contribution in [0.3, 0.4) is 0 Å². The van der Waals surface area contributed by atoms with E-state index in [-0.39, 0.29) is 24.1 Å². The molecule has 0 radical (unpaired) electrons. The second-order valence-electron chi connectivity index (χ2n) is 6.82. The summed E-state index contributed by atoms with van der Waals surface area (Å²) in [5, 5.41) is 0. The Bertz CT molecular complexity index is 518. The van der Waals surface area contributed by atoms with Crippen LogP contribution in [0.2, 0.25) is 0 Å². The number of Topliss-reactive ketones (excluding diaryl/α,β-unsaturated/α-hetero) is 1. The van der Waals surface area contributed by atoms with Gasteiger partial charge in [0.15, 0.2) is 0 Å². The maximum atomic E-state index is 12.2. The highest BCUT2D eigenvalue weighted by atomic mass is 16.5. The minimum Gasteiger partial charge on any atom is -0.466 e. The summed E-state index contributed by atoms with van der Waals surface area (Å²) in [6.45, 7) is 3.61. The van der Waals surface area contributed by atoms with E-state index in [9.17, 15) is 9.59 Å². The average molecular weight is 346 g/mol. The molecule has 2 rings (SSSR count). The maximum Gasteiger partial charge on any atom is 0.306 e. The molecule has 0 heterocycles. The standard InChI is InChI=1S/C21H30O4/c1-2-25-21(23)13-12-20(22)19-10-8-17(9-11-19)14-15-24-16-18-6-4-3-5-7-18/h3-7,17,19H,2,8-16H2,1H3/t17-,19-. The molecule has 1 fully saturated rings. The first-order valence-corrected chi connectivity index (χ1v) is 9.49. The van der Waals surface area contributed by atoms with Crippen molar-refractivity contribution < 1.29 is 19.1 Å². The van der Waals surface area contributed by atoms with E-state index < -0.39 is 0 Å². The average Bonchev–Trinajstić information content (AvgIpc) is 2.65. The zero-order valence-electron chi connectivity index (χ0n) is 15.2. The lowest BCUT2D eigenvalue weighted by Crippen LogP contribution is -2.23. The number of hydrogen-bond donors (Lipinski definition) is 0. The molecule has 0 saturated heterocycles. The predicted molar refractivity (Wildman–Crippen MR) is 97.0 cm³/mol. The molecule has 1 aliphatic rings. The highest BCUT2D eigenvalue weighted by molar-refractivity contribution is 5.84. The summed E-state index contributed by atoms with van der Waals surface area (Å²) in [4.78, 5) is 23.5. The first-order chi connectivity index (χ1) is 12.2. The summed E-state index contributed by atoms with van der Waals surface area (Å²) < 4.78 is 10.6. The van der Waals surface area contributed by atoms with E-state index in [1.54, 1.807) is 6.92 Å². The van der Waals surface area contributed by atoms with Gasteiger partial charge in [-0.2, -0.15) is 0 Å².